The zero-order chi connectivity index (χ0) is 14.6. The zero-order valence-electron chi connectivity index (χ0n) is 12.3. The maximum absolute atomic E-state index is 12.3. The number of carbonyl (C=O) groups excluding carboxylic acids is 1. The van der Waals surface area contributed by atoms with Crippen LogP contribution in [0.4, 0.5) is 0 Å². The van der Waals surface area contributed by atoms with Crippen LogP contribution in [0, 0.1) is 5.41 Å². The molecule has 1 heterocycles. The number of ether oxygens (including phenoxy) is 1. The molecule has 2 N–H and O–H groups in total. The van der Waals surface area contributed by atoms with E-state index in [0.717, 1.165) is 17.3 Å². The molecule has 1 amide bonds. The monoisotopic (exact) mass is 274 g/mol. The number of aromatic nitrogens is 1. The lowest BCUT2D eigenvalue weighted by Gasteiger charge is -2.24. The van der Waals surface area contributed by atoms with E-state index in [1.54, 1.807) is 13.3 Å². The topological polar surface area (TPSA) is 54.1 Å². The average molecular weight is 274 g/mol. The number of methoxy groups -OCH3 is 1. The van der Waals surface area contributed by atoms with Crippen LogP contribution in [0.3, 0.4) is 0 Å². The van der Waals surface area contributed by atoms with E-state index in [1.165, 1.54) is 0 Å². The van der Waals surface area contributed by atoms with Gasteiger partial charge in [-0.05, 0) is 17.9 Å². The van der Waals surface area contributed by atoms with Gasteiger partial charge in [-0.25, -0.2) is 0 Å². The van der Waals surface area contributed by atoms with E-state index in [1.807, 2.05) is 24.3 Å². The zero-order valence-corrected chi connectivity index (χ0v) is 12.3. The van der Waals surface area contributed by atoms with Crippen molar-refractivity contribution in [3.63, 3.8) is 0 Å². The van der Waals surface area contributed by atoms with Crippen molar-refractivity contribution in [3.05, 3.63) is 36.0 Å². The number of para-hydroxylation sites is 1. The van der Waals surface area contributed by atoms with Crippen LogP contribution < -0.4 is 5.32 Å². The lowest BCUT2D eigenvalue weighted by atomic mass is 9.89. The number of rotatable bonds is 6. The lowest BCUT2D eigenvalue weighted by molar-refractivity contribution is 0.0922. The van der Waals surface area contributed by atoms with Crippen LogP contribution in [0.15, 0.2) is 30.5 Å². The van der Waals surface area contributed by atoms with E-state index in [-0.39, 0.29) is 11.3 Å². The van der Waals surface area contributed by atoms with E-state index in [0.29, 0.717) is 18.7 Å². The van der Waals surface area contributed by atoms with Crippen LogP contribution in [0.2, 0.25) is 0 Å². The molecular formula is C16H22N2O2. The highest BCUT2D eigenvalue weighted by atomic mass is 16.5. The third-order valence-corrected chi connectivity index (χ3v) is 3.54. The van der Waals surface area contributed by atoms with Crippen LogP contribution in [-0.4, -0.2) is 31.2 Å². The summed E-state index contributed by atoms with van der Waals surface area (Å²) in [5.41, 5.74) is 1.71. The molecule has 2 aromatic rings. The maximum Gasteiger partial charge on any atom is 0.253 e. The molecule has 4 heteroatoms. The summed E-state index contributed by atoms with van der Waals surface area (Å²) in [4.78, 5) is 15.4. The third-order valence-electron chi connectivity index (χ3n) is 3.54. The number of benzene rings is 1. The first kappa shape index (κ1) is 14.6. The Morgan fingerprint density at radius 1 is 1.35 bits per heavy atom. The molecule has 20 heavy (non-hydrogen) atoms. The SMILES string of the molecule is COCCC(C)(C)CNC(=O)c1c[nH]c2ccccc12. The molecule has 0 aliphatic carbocycles. The summed E-state index contributed by atoms with van der Waals surface area (Å²) in [6.45, 7) is 5.59. The van der Waals surface area contributed by atoms with Crippen molar-refractivity contribution in [1.82, 2.24) is 10.3 Å². The van der Waals surface area contributed by atoms with E-state index < -0.39 is 0 Å². The van der Waals surface area contributed by atoms with Gasteiger partial charge in [-0.3, -0.25) is 4.79 Å². The summed E-state index contributed by atoms with van der Waals surface area (Å²) in [5.74, 6) is -0.0343. The minimum Gasteiger partial charge on any atom is -0.385 e. The molecule has 0 fully saturated rings. The second-order valence-electron chi connectivity index (χ2n) is 5.84. The van der Waals surface area contributed by atoms with Gasteiger partial charge in [-0.2, -0.15) is 0 Å². The lowest BCUT2D eigenvalue weighted by Crippen LogP contribution is -2.34. The highest BCUT2D eigenvalue weighted by Crippen LogP contribution is 2.20. The summed E-state index contributed by atoms with van der Waals surface area (Å²) in [7, 11) is 1.70. The van der Waals surface area contributed by atoms with Gasteiger partial charge in [0.25, 0.3) is 5.91 Å². The van der Waals surface area contributed by atoms with Gasteiger partial charge in [0.05, 0.1) is 5.56 Å². The number of aromatic amines is 1. The Kier molecular flexibility index (Phi) is 4.45. The standard InChI is InChI=1S/C16H22N2O2/c1-16(2,8-9-20-3)11-18-15(19)13-10-17-14-7-5-4-6-12(13)14/h4-7,10,17H,8-9,11H2,1-3H3,(H,18,19). The molecule has 0 aliphatic rings. The number of carbonyl (C=O) groups is 1. The molecule has 0 radical (unpaired) electrons. The Morgan fingerprint density at radius 3 is 2.85 bits per heavy atom. The Labute approximate surface area is 119 Å². The van der Waals surface area contributed by atoms with Gasteiger partial charge in [0.2, 0.25) is 0 Å². The molecule has 4 nitrogen and oxygen atoms in total. The van der Waals surface area contributed by atoms with Crippen molar-refractivity contribution in [1.29, 1.82) is 0 Å². The summed E-state index contributed by atoms with van der Waals surface area (Å²) < 4.78 is 5.10. The molecule has 0 saturated heterocycles. The van der Waals surface area contributed by atoms with Gasteiger partial charge in [0, 0.05) is 37.4 Å². The third kappa shape index (κ3) is 3.39. The fraction of sp³-hybridized carbons (Fsp3) is 0.438. The summed E-state index contributed by atoms with van der Waals surface area (Å²) in [6.07, 6.45) is 2.68. The molecule has 0 saturated carbocycles. The highest BCUT2D eigenvalue weighted by molar-refractivity contribution is 6.06. The van der Waals surface area contributed by atoms with Crippen molar-refractivity contribution in [2.45, 2.75) is 20.3 Å². The van der Waals surface area contributed by atoms with E-state index in [2.05, 4.69) is 24.1 Å². The molecule has 0 bridgehead atoms. The fourth-order valence-electron chi connectivity index (χ4n) is 2.14. The molecule has 0 spiro atoms. The molecule has 1 aromatic carbocycles. The first-order valence-electron chi connectivity index (χ1n) is 6.87. The van der Waals surface area contributed by atoms with Crippen molar-refractivity contribution >= 4 is 16.8 Å². The van der Waals surface area contributed by atoms with Crippen molar-refractivity contribution in [2.75, 3.05) is 20.3 Å². The molecule has 1 aromatic heterocycles. The average Bonchev–Trinajstić information content (AvgIpc) is 2.87. The maximum atomic E-state index is 12.3. The van der Waals surface area contributed by atoms with E-state index in [4.69, 9.17) is 4.74 Å². The molecule has 0 atom stereocenters. The molecule has 0 unspecified atom stereocenters. The number of hydrogen-bond donors (Lipinski definition) is 2. The summed E-state index contributed by atoms with van der Waals surface area (Å²) >= 11 is 0. The number of hydrogen-bond acceptors (Lipinski definition) is 2. The number of fused-ring (bicyclic) bond motifs is 1. The predicted octanol–water partition coefficient (Wildman–Crippen LogP) is 2.96. The van der Waals surface area contributed by atoms with Crippen molar-refractivity contribution in [3.8, 4) is 0 Å². The molecule has 108 valence electrons. The Hall–Kier alpha value is -1.81. The smallest absolute Gasteiger partial charge is 0.253 e. The quantitative estimate of drug-likeness (QED) is 0.851. The first-order chi connectivity index (χ1) is 9.53. The number of amides is 1. The van der Waals surface area contributed by atoms with Gasteiger partial charge in [0.15, 0.2) is 0 Å². The highest BCUT2D eigenvalue weighted by Gasteiger charge is 2.20. The number of H-pyrrole nitrogens is 1. The van der Waals surface area contributed by atoms with Crippen LogP contribution >= 0.6 is 0 Å². The molecule has 2 rings (SSSR count). The van der Waals surface area contributed by atoms with Gasteiger partial charge in [-0.15, -0.1) is 0 Å². The van der Waals surface area contributed by atoms with Gasteiger partial charge >= 0.3 is 0 Å². The Morgan fingerprint density at radius 2 is 2.10 bits per heavy atom. The first-order valence-corrected chi connectivity index (χ1v) is 6.87. The van der Waals surface area contributed by atoms with Crippen molar-refractivity contribution < 1.29 is 9.53 Å². The van der Waals surface area contributed by atoms with E-state index >= 15 is 0 Å². The fourth-order valence-corrected chi connectivity index (χ4v) is 2.14. The Bertz CT molecular complexity index is 587. The largest absolute Gasteiger partial charge is 0.385 e. The minimum atomic E-state index is -0.0343. The minimum absolute atomic E-state index is 0.0256. The second kappa shape index (κ2) is 6.09. The van der Waals surface area contributed by atoms with Gasteiger partial charge in [0.1, 0.15) is 0 Å². The second-order valence-corrected chi connectivity index (χ2v) is 5.84. The summed E-state index contributed by atoms with van der Waals surface area (Å²) in [6, 6.07) is 7.81. The molecule has 0 aliphatic heterocycles. The van der Waals surface area contributed by atoms with E-state index in [9.17, 15) is 4.79 Å². The normalized spacial score (nSPS) is 11.8. The summed E-state index contributed by atoms with van der Waals surface area (Å²) in [5, 5.41) is 3.97. The molecular weight excluding hydrogens is 252 g/mol. The van der Waals surface area contributed by atoms with Crippen molar-refractivity contribution in [2.24, 2.45) is 5.41 Å². The van der Waals surface area contributed by atoms with Gasteiger partial charge in [-0.1, -0.05) is 32.0 Å². The van der Waals surface area contributed by atoms with Crippen LogP contribution in [0.25, 0.3) is 10.9 Å². The predicted molar refractivity (Wildman–Crippen MR) is 80.9 cm³/mol. The Balaban J connectivity index is 2.02. The number of nitrogens with one attached hydrogen (secondary N) is 2. The van der Waals surface area contributed by atoms with Crippen LogP contribution in [0.5, 0.6) is 0 Å². The van der Waals surface area contributed by atoms with Crippen LogP contribution in [-0.2, 0) is 4.74 Å². The van der Waals surface area contributed by atoms with Crippen LogP contribution in [0.1, 0.15) is 30.6 Å². The van der Waals surface area contributed by atoms with Gasteiger partial charge < -0.3 is 15.0 Å².